The van der Waals surface area contributed by atoms with E-state index in [9.17, 15) is 14.4 Å². The lowest BCUT2D eigenvalue weighted by molar-refractivity contribution is -0.142. The maximum atomic E-state index is 11.8. The van der Waals surface area contributed by atoms with E-state index in [1.165, 1.54) is 7.11 Å². The van der Waals surface area contributed by atoms with Crippen molar-refractivity contribution in [3.63, 3.8) is 0 Å². The molecule has 0 heterocycles. The van der Waals surface area contributed by atoms with E-state index in [0.29, 0.717) is 6.54 Å². The van der Waals surface area contributed by atoms with Gasteiger partial charge in [0.1, 0.15) is 0 Å². The van der Waals surface area contributed by atoms with Crippen molar-refractivity contribution < 1.29 is 19.1 Å². The standard InChI is InChI=1S/C15H20N2O4/c1-3-17(11-15(20)21-2)10-14(19)16-13(18)9-12-7-5-4-6-8-12/h4-8H,3,9-11H2,1-2H3,(H,16,18,19). The quantitative estimate of drug-likeness (QED) is 0.735. The van der Waals surface area contributed by atoms with Gasteiger partial charge >= 0.3 is 5.97 Å². The summed E-state index contributed by atoms with van der Waals surface area (Å²) < 4.78 is 4.54. The summed E-state index contributed by atoms with van der Waals surface area (Å²) in [5, 5.41) is 2.31. The fraction of sp³-hybridized carbons (Fsp3) is 0.400. The number of carbonyl (C=O) groups is 3. The third-order valence-electron chi connectivity index (χ3n) is 2.88. The Balaban J connectivity index is 2.41. The number of nitrogens with one attached hydrogen (secondary N) is 1. The summed E-state index contributed by atoms with van der Waals surface area (Å²) in [5.41, 5.74) is 0.838. The normalized spacial score (nSPS) is 10.2. The lowest BCUT2D eigenvalue weighted by Crippen LogP contribution is -2.42. The molecule has 1 aromatic carbocycles. The molecule has 0 radical (unpaired) electrons. The van der Waals surface area contributed by atoms with E-state index in [-0.39, 0.29) is 25.4 Å². The first-order valence-electron chi connectivity index (χ1n) is 6.71. The summed E-state index contributed by atoms with van der Waals surface area (Å²) >= 11 is 0. The van der Waals surface area contributed by atoms with Crippen LogP contribution in [0.15, 0.2) is 30.3 Å². The number of benzene rings is 1. The van der Waals surface area contributed by atoms with Gasteiger partial charge in [0.15, 0.2) is 0 Å². The zero-order chi connectivity index (χ0) is 15.7. The molecule has 0 saturated carbocycles. The Labute approximate surface area is 124 Å². The van der Waals surface area contributed by atoms with Crippen molar-refractivity contribution in [2.45, 2.75) is 13.3 Å². The van der Waals surface area contributed by atoms with Gasteiger partial charge in [-0.05, 0) is 12.1 Å². The molecule has 0 bridgehead atoms. The number of ether oxygens (including phenoxy) is 1. The van der Waals surface area contributed by atoms with Crippen LogP contribution in [0.25, 0.3) is 0 Å². The maximum absolute atomic E-state index is 11.8. The summed E-state index contributed by atoms with van der Waals surface area (Å²) in [6, 6.07) is 9.16. The minimum Gasteiger partial charge on any atom is -0.468 e. The molecule has 21 heavy (non-hydrogen) atoms. The Kier molecular flexibility index (Phi) is 7.11. The molecule has 0 fully saturated rings. The van der Waals surface area contributed by atoms with E-state index in [1.54, 1.807) is 4.90 Å². The van der Waals surface area contributed by atoms with Crippen LogP contribution in [-0.2, 0) is 25.5 Å². The van der Waals surface area contributed by atoms with Gasteiger partial charge in [-0.15, -0.1) is 0 Å². The van der Waals surface area contributed by atoms with Crippen LogP contribution in [-0.4, -0.2) is 49.4 Å². The van der Waals surface area contributed by atoms with E-state index in [1.807, 2.05) is 37.3 Å². The van der Waals surface area contributed by atoms with Crippen molar-refractivity contribution in [3.05, 3.63) is 35.9 Å². The molecule has 0 aromatic heterocycles. The third-order valence-corrected chi connectivity index (χ3v) is 2.88. The minimum absolute atomic E-state index is 0.0211. The van der Waals surface area contributed by atoms with Gasteiger partial charge in [-0.1, -0.05) is 37.3 Å². The number of nitrogens with zero attached hydrogens (tertiary/aromatic N) is 1. The monoisotopic (exact) mass is 292 g/mol. The highest BCUT2D eigenvalue weighted by atomic mass is 16.5. The Hall–Kier alpha value is -2.21. The SMILES string of the molecule is CCN(CC(=O)NC(=O)Cc1ccccc1)CC(=O)OC. The number of carbonyl (C=O) groups excluding carboxylic acids is 3. The van der Waals surface area contributed by atoms with E-state index in [2.05, 4.69) is 10.1 Å². The lowest BCUT2D eigenvalue weighted by atomic mass is 10.1. The molecule has 0 atom stereocenters. The van der Waals surface area contributed by atoms with Crippen LogP contribution in [0, 0.1) is 0 Å². The van der Waals surface area contributed by atoms with E-state index in [0.717, 1.165) is 5.56 Å². The van der Waals surface area contributed by atoms with Crippen LogP contribution in [0.2, 0.25) is 0 Å². The van der Waals surface area contributed by atoms with Crippen LogP contribution < -0.4 is 5.32 Å². The van der Waals surface area contributed by atoms with Crippen molar-refractivity contribution in [3.8, 4) is 0 Å². The van der Waals surface area contributed by atoms with Crippen molar-refractivity contribution >= 4 is 17.8 Å². The largest absolute Gasteiger partial charge is 0.468 e. The van der Waals surface area contributed by atoms with Gasteiger partial charge < -0.3 is 4.74 Å². The Morgan fingerprint density at radius 1 is 1.10 bits per heavy atom. The number of rotatable bonds is 7. The fourth-order valence-electron chi connectivity index (χ4n) is 1.75. The number of methoxy groups -OCH3 is 1. The number of imide groups is 1. The predicted octanol–water partition coefficient (Wildman–Crippen LogP) is 0.367. The summed E-state index contributed by atoms with van der Waals surface area (Å²) in [5.74, 6) is -1.21. The van der Waals surface area contributed by atoms with Crippen LogP contribution in [0.3, 0.4) is 0 Å². The van der Waals surface area contributed by atoms with Gasteiger partial charge in [-0.2, -0.15) is 0 Å². The zero-order valence-corrected chi connectivity index (χ0v) is 12.3. The Bertz CT molecular complexity index is 488. The second-order valence-electron chi connectivity index (χ2n) is 4.51. The second-order valence-corrected chi connectivity index (χ2v) is 4.51. The molecule has 0 spiro atoms. The molecule has 2 amide bonds. The molecule has 0 aliphatic carbocycles. The van der Waals surface area contributed by atoms with E-state index in [4.69, 9.17) is 0 Å². The molecular formula is C15H20N2O4. The minimum atomic E-state index is -0.429. The average molecular weight is 292 g/mol. The zero-order valence-electron chi connectivity index (χ0n) is 12.3. The molecule has 0 saturated heterocycles. The topological polar surface area (TPSA) is 75.7 Å². The molecule has 0 aliphatic rings. The average Bonchev–Trinajstić information content (AvgIpc) is 2.47. The number of likely N-dealkylation sites (N-methyl/N-ethyl adjacent to an activating group) is 1. The van der Waals surface area contributed by atoms with Gasteiger partial charge in [0, 0.05) is 0 Å². The predicted molar refractivity (Wildman–Crippen MR) is 77.4 cm³/mol. The lowest BCUT2D eigenvalue weighted by Gasteiger charge is -2.17. The van der Waals surface area contributed by atoms with Gasteiger partial charge in [0.05, 0.1) is 26.6 Å². The second kappa shape index (κ2) is 8.86. The van der Waals surface area contributed by atoms with Gasteiger partial charge in [0.25, 0.3) is 0 Å². The third kappa shape index (κ3) is 6.67. The number of hydrogen-bond acceptors (Lipinski definition) is 5. The highest BCUT2D eigenvalue weighted by molar-refractivity contribution is 5.97. The first-order chi connectivity index (χ1) is 10.0. The molecule has 1 N–H and O–H groups in total. The van der Waals surface area contributed by atoms with Crippen LogP contribution in [0.4, 0.5) is 0 Å². The summed E-state index contributed by atoms with van der Waals surface area (Å²) in [4.78, 5) is 36.2. The van der Waals surface area contributed by atoms with Crippen LogP contribution in [0.1, 0.15) is 12.5 Å². The van der Waals surface area contributed by atoms with Crippen molar-refractivity contribution in [2.24, 2.45) is 0 Å². The molecule has 6 heteroatoms. The summed E-state index contributed by atoms with van der Waals surface area (Å²) in [6.07, 6.45) is 0.149. The molecule has 114 valence electrons. The molecule has 1 rings (SSSR count). The van der Waals surface area contributed by atoms with Crippen molar-refractivity contribution in [1.29, 1.82) is 0 Å². The summed E-state index contributed by atoms with van der Waals surface area (Å²) in [7, 11) is 1.29. The number of hydrogen-bond donors (Lipinski definition) is 1. The van der Waals surface area contributed by atoms with Gasteiger partial charge in [-0.3, -0.25) is 24.6 Å². The number of amides is 2. The fourth-order valence-corrected chi connectivity index (χ4v) is 1.75. The highest BCUT2D eigenvalue weighted by Crippen LogP contribution is 1.99. The Morgan fingerprint density at radius 2 is 1.76 bits per heavy atom. The first kappa shape index (κ1) is 16.8. The maximum Gasteiger partial charge on any atom is 0.319 e. The smallest absolute Gasteiger partial charge is 0.319 e. The van der Waals surface area contributed by atoms with Gasteiger partial charge in [0.2, 0.25) is 11.8 Å². The van der Waals surface area contributed by atoms with Crippen LogP contribution >= 0.6 is 0 Å². The van der Waals surface area contributed by atoms with Crippen LogP contribution in [0.5, 0.6) is 0 Å². The molecule has 0 aliphatic heterocycles. The van der Waals surface area contributed by atoms with E-state index >= 15 is 0 Å². The first-order valence-corrected chi connectivity index (χ1v) is 6.71. The Morgan fingerprint density at radius 3 is 2.33 bits per heavy atom. The van der Waals surface area contributed by atoms with Crippen molar-refractivity contribution in [1.82, 2.24) is 10.2 Å². The molecular weight excluding hydrogens is 272 g/mol. The molecule has 1 aromatic rings. The van der Waals surface area contributed by atoms with Crippen molar-refractivity contribution in [2.75, 3.05) is 26.7 Å². The highest BCUT2D eigenvalue weighted by Gasteiger charge is 2.15. The molecule has 0 unspecified atom stereocenters. The molecule has 6 nitrogen and oxygen atoms in total. The summed E-state index contributed by atoms with van der Waals surface area (Å²) in [6.45, 7) is 2.33. The van der Waals surface area contributed by atoms with E-state index < -0.39 is 11.9 Å². The number of esters is 1. The van der Waals surface area contributed by atoms with Gasteiger partial charge in [-0.25, -0.2) is 0 Å².